The largest absolute Gasteiger partial charge is 0.352 e. The molecular weight excluding hydrogens is 488 g/mol. The number of halogens is 1. The number of amides is 2. The highest BCUT2D eigenvalue weighted by Crippen LogP contribution is 2.22. The van der Waals surface area contributed by atoms with Crippen LogP contribution in [0.1, 0.15) is 43.4 Å². The van der Waals surface area contributed by atoms with Gasteiger partial charge >= 0.3 is 0 Å². The number of nitrogens with zero attached hydrogens (tertiary/aromatic N) is 1. The van der Waals surface area contributed by atoms with E-state index in [2.05, 4.69) is 36.5 Å². The van der Waals surface area contributed by atoms with E-state index < -0.39 is 6.04 Å². The first kappa shape index (κ1) is 27.8. The van der Waals surface area contributed by atoms with E-state index in [1.807, 2.05) is 68.4 Å². The second-order valence-electron chi connectivity index (χ2n) is 9.08. The molecule has 0 fully saturated rings. The quantitative estimate of drug-likeness (QED) is 0.270. The summed E-state index contributed by atoms with van der Waals surface area (Å²) in [6.07, 6.45) is 1.61. The van der Waals surface area contributed by atoms with Gasteiger partial charge in [-0.1, -0.05) is 78.7 Å². The number of thioether (sulfide) groups is 1. The van der Waals surface area contributed by atoms with Crippen molar-refractivity contribution in [1.29, 1.82) is 0 Å². The van der Waals surface area contributed by atoms with Crippen LogP contribution in [0.5, 0.6) is 0 Å². The van der Waals surface area contributed by atoms with Crippen molar-refractivity contribution in [2.24, 2.45) is 0 Å². The van der Waals surface area contributed by atoms with Crippen molar-refractivity contribution >= 4 is 35.2 Å². The molecule has 0 saturated heterocycles. The Labute approximate surface area is 224 Å². The predicted molar refractivity (Wildman–Crippen MR) is 150 cm³/mol. The van der Waals surface area contributed by atoms with Crippen molar-refractivity contribution in [2.45, 2.75) is 63.6 Å². The lowest BCUT2D eigenvalue weighted by Gasteiger charge is -2.32. The highest BCUT2D eigenvalue weighted by Gasteiger charge is 2.30. The maximum absolute atomic E-state index is 13.7. The molecule has 3 aromatic rings. The molecule has 4 nitrogen and oxygen atoms in total. The Morgan fingerprint density at radius 1 is 0.944 bits per heavy atom. The molecule has 3 aromatic carbocycles. The number of nitrogens with one attached hydrogen (secondary N) is 1. The van der Waals surface area contributed by atoms with Gasteiger partial charge in [0.15, 0.2) is 0 Å². The zero-order valence-corrected chi connectivity index (χ0v) is 22.8. The molecule has 0 aliphatic carbocycles. The average molecular weight is 523 g/mol. The van der Waals surface area contributed by atoms with E-state index in [9.17, 15) is 9.59 Å². The average Bonchev–Trinajstić information content (AvgIpc) is 2.88. The van der Waals surface area contributed by atoms with E-state index in [0.29, 0.717) is 30.2 Å². The van der Waals surface area contributed by atoms with E-state index in [4.69, 9.17) is 11.6 Å². The lowest BCUT2D eigenvalue weighted by molar-refractivity contribution is -0.141. The Hall–Kier alpha value is -2.76. The first-order chi connectivity index (χ1) is 17.4. The molecule has 190 valence electrons. The summed E-state index contributed by atoms with van der Waals surface area (Å²) in [5, 5.41) is 3.75. The minimum atomic E-state index is -0.617. The SMILES string of the molecule is CC[C@H](C)NC(=O)[C@@H](Cc1ccccc1)N(Cc1ccc(Cl)cc1)C(=O)CCSc1ccc(C)cc1. The van der Waals surface area contributed by atoms with E-state index in [1.54, 1.807) is 16.7 Å². The van der Waals surface area contributed by atoms with Crippen LogP contribution in [-0.2, 0) is 22.6 Å². The zero-order valence-electron chi connectivity index (χ0n) is 21.2. The molecule has 1 N–H and O–H groups in total. The van der Waals surface area contributed by atoms with Gasteiger partial charge in [-0.3, -0.25) is 9.59 Å². The number of rotatable bonds is 12. The highest BCUT2D eigenvalue weighted by molar-refractivity contribution is 7.99. The number of carbonyl (C=O) groups is 2. The molecule has 36 heavy (non-hydrogen) atoms. The molecule has 0 aliphatic rings. The monoisotopic (exact) mass is 522 g/mol. The Morgan fingerprint density at radius 2 is 1.61 bits per heavy atom. The van der Waals surface area contributed by atoms with Gasteiger partial charge in [-0.25, -0.2) is 0 Å². The van der Waals surface area contributed by atoms with Crippen LogP contribution in [0.25, 0.3) is 0 Å². The first-order valence-corrected chi connectivity index (χ1v) is 13.8. The summed E-state index contributed by atoms with van der Waals surface area (Å²) in [7, 11) is 0. The summed E-state index contributed by atoms with van der Waals surface area (Å²) >= 11 is 7.75. The van der Waals surface area contributed by atoms with Crippen LogP contribution in [-0.4, -0.2) is 34.6 Å². The van der Waals surface area contributed by atoms with Crippen molar-refractivity contribution in [3.05, 3.63) is 101 Å². The molecule has 6 heteroatoms. The highest BCUT2D eigenvalue weighted by atomic mass is 35.5. The van der Waals surface area contributed by atoms with Crippen LogP contribution in [0.15, 0.2) is 83.8 Å². The molecule has 0 spiro atoms. The third kappa shape index (κ3) is 8.72. The fourth-order valence-corrected chi connectivity index (χ4v) is 4.78. The van der Waals surface area contributed by atoms with Crippen LogP contribution in [0.4, 0.5) is 0 Å². The lowest BCUT2D eigenvalue weighted by Crippen LogP contribution is -2.52. The van der Waals surface area contributed by atoms with Crippen LogP contribution < -0.4 is 5.32 Å². The Kier molecular flexibility index (Phi) is 10.9. The molecule has 0 unspecified atom stereocenters. The maximum Gasteiger partial charge on any atom is 0.243 e. The summed E-state index contributed by atoms with van der Waals surface area (Å²) in [4.78, 5) is 30.0. The number of aryl methyl sites for hydroxylation is 1. The summed E-state index contributed by atoms with van der Waals surface area (Å²) in [5.41, 5.74) is 3.17. The molecule has 2 amide bonds. The minimum absolute atomic E-state index is 0.0281. The molecule has 0 saturated carbocycles. The second kappa shape index (κ2) is 14.1. The molecule has 0 heterocycles. The van der Waals surface area contributed by atoms with Crippen LogP contribution >= 0.6 is 23.4 Å². The number of benzene rings is 3. The summed E-state index contributed by atoms with van der Waals surface area (Å²) in [6.45, 7) is 6.43. The fraction of sp³-hybridized carbons (Fsp3) is 0.333. The molecule has 2 atom stereocenters. The second-order valence-corrected chi connectivity index (χ2v) is 10.7. The van der Waals surface area contributed by atoms with Gasteiger partial charge in [0.05, 0.1) is 0 Å². The van der Waals surface area contributed by atoms with E-state index in [1.165, 1.54) is 5.56 Å². The smallest absolute Gasteiger partial charge is 0.243 e. The van der Waals surface area contributed by atoms with E-state index >= 15 is 0 Å². The number of hydrogen-bond donors (Lipinski definition) is 1. The van der Waals surface area contributed by atoms with Gasteiger partial charge in [0.1, 0.15) is 6.04 Å². The van der Waals surface area contributed by atoms with Crippen LogP contribution in [0, 0.1) is 6.92 Å². The van der Waals surface area contributed by atoms with Crippen LogP contribution in [0.2, 0.25) is 5.02 Å². The molecule has 0 aromatic heterocycles. The lowest BCUT2D eigenvalue weighted by atomic mass is 10.0. The zero-order chi connectivity index (χ0) is 25.9. The van der Waals surface area contributed by atoms with Crippen molar-refractivity contribution < 1.29 is 9.59 Å². The number of carbonyl (C=O) groups excluding carboxylic acids is 2. The summed E-state index contributed by atoms with van der Waals surface area (Å²) < 4.78 is 0. The summed E-state index contributed by atoms with van der Waals surface area (Å²) in [5.74, 6) is 0.482. The Balaban J connectivity index is 1.84. The molecule has 0 bridgehead atoms. The first-order valence-electron chi connectivity index (χ1n) is 12.4. The Bertz CT molecular complexity index is 1100. The number of hydrogen-bond acceptors (Lipinski definition) is 3. The molecule has 0 aliphatic heterocycles. The molecule has 0 radical (unpaired) electrons. The third-order valence-corrected chi connectivity index (χ3v) is 7.41. The third-order valence-electron chi connectivity index (χ3n) is 6.14. The van der Waals surface area contributed by atoms with Gasteiger partial charge in [0.2, 0.25) is 11.8 Å². The van der Waals surface area contributed by atoms with Crippen molar-refractivity contribution in [3.63, 3.8) is 0 Å². The maximum atomic E-state index is 13.7. The fourth-order valence-electron chi connectivity index (χ4n) is 3.82. The topological polar surface area (TPSA) is 49.4 Å². The van der Waals surface area contributed by atoms with Crippen LogP contribution in [0.3, 0.4) is 0 Å². The van der Waals surface area contributed by atoms with Gasteiger partial charge in [0.25, 0.3) is 0 Å². The Morgan fingerprint density at radius 3 is 2.25 bits per heavy atom. The van der Waals surface area contributed by atoms with Gasteiger partial charge in [-0.15, -0.1) is 11.8 Å². The van der Waals surface area contributed by atoms with E-state index in [0.717, 1.165) is 22.4 Å². The van der Waals surface area contributed by atoms with E-state index in [-0.39, 0.29) is 17.9 Å². The van der Waals surface area contributed by atoms with Gasteiger partial charge in [-0.2, -0.15) is 0 Å². The molecular formula is C30H35ClN2O2S. The summed E-state index contributed by atoms with van der Waals surface area (Å²) in [6, 6.07) is 25.1. The van der Waals surface area contributed by atoms with Gasteiger partial charge in [0, 0.05) is 41.1 Å². The van der Waals surface area contributed by atoms with Gasteiger partial charge in [-0.05, 0) is 55.7 Å². The van der Waals surface area contributed by atoms with Crippen molar-refractivity contribution in [1.82, 2.24) is 10.2 Å². The predicted octanol–water partition coefficient (Wildman–Crippen LogP) is 6.69. The minimum Gasteiger partial charge on any atom is -0.352 e. The van der Waals surface area contributed by atoms with Gasteiger partial charge < -0.3 is 10.2 Å². The van der Waals surface area contributed by atoms with Crippen molar-refractivity contribution in [2.75, 3.05) is 5.75 Å². The van der Waals surface area contributed by atoms with Crippen molar-refractivity contribution in [3.8, 4) is 0 Å². The normalized spacial score (nSPS) is 12.6. The molecule has 3 rings (SSSR count). The standard InChI is InChI=1S/C30H35ClN2O2S/c1-4-23(3)32-30(35)28(20-24-8-6-5-7-9-24)33(21-25-12-14-26(31)15-13-25)29(34)18-19-36-27-16-10-22(2)11-17-27/h5-17,23,28H,4,18-21H2,1-3H3,(H,32,35)/t23-,28+/m0/s1.